The maximum Gasteiger partial charge on any atom is 0.343 e. The minimum Gasteiger partial charge on any atom is -0.493 e. The van der Waals surface area contributed by atoms with Crippen LogP contribution < -0.4 is 9.47 Å². The van der Waals surface area contributed by atoms with Crippen molar-refractivity contribution in [3.05, 3.63) is 58.1 Å². The van der Waals surface area contributed by atoms with E-state index in [2.05, 4.69) is 0 Å². The number of carbonyl (C=O) groups is 2. The molecule has 0 amide bonds. The number of rotatable bonds is 6. The molecular weight excluding hydrogens is 336 g/mol. The van der Waals surface area contributed by atoms with Gasteiger partial charge in [0.05, 0.1) is 12.7 Å². The zero-order valence-electron chi connectivity index (χ0n) is 12.7. The Kier molecular flexibility index (Phi) is 6.07. The Hall–Kier alpha value is -1.98. The maximum atomic E-state index is 12.3. The predicted octanol–water partition coefficient (Wildman–Crippen LogP) is 4.24. The van der Waals surface area contributed by atoms with Crippen molar-refractivity contribution in [2.45, 2.75) is 5.75 Å². The second-order valence-electron chi connectivity index (χ2n) is 4.66. The average Bonchev–Trinajstić information content (AvgIpc) is 2.56. The number of halogens is 1. The highest BCUT2D eigenvalue weighted by atomic mass is 35.5. The van der Waals surface area contributed by atoms with E-state index in [4.69, 9.17) is 21.1 Å². The number of hydrogen-bond acceptors (Lipinski definition) is 5. The minimum absolute atomic E-state index is 0.326. The summed E-state index contributed by atoms with van der Waals surface area (Å²) in [6.07, 6.45) is 2.65. The molecule has 0 heterocycles. The van der Waals surface area contributed by atoms with E-state index in [0.29, 0.717) is 33.4 Å². The Morgan fingerprint density at radius 2 is 1.96 bits per heavy atom. The molecule has 0 atom stereocenters. The van der Waals surface area contributed by atoms with E-state index in [1.807, 2.05) is 6.26 Å². The lowest BCUT2D eigenvalue weighted by Gasteiger charge is -2.14. The van der Waals surface area contributed by atoms with Gasteiger partial charge in [-0.25, -0.2) is 4.79 Å². The van der Waals surface area contributed by atoms with Crippen LogP contribution in [0.3, 0.4) is 0 Å². The first-order chi connectivity index (χ1) is 11.1. The van der Waals surface area contributed by atoms with Crippen molar-refractivity contribution in [1.29, 1.82) is 0 Å². The highest BCUT2D eigenvalue weighted by molar-refractivity contribution is 7.97. The van der Waals surface area contributed by atoms with Gasteiger partial charge >= 0.3 is 5.97 Å². The highest BCUT2D eigenvalue weighted by Gasteiger charge is 2.18. The van der Waals surface area contributed by atoms with E-state index in [9.17, 15) is 9.59 Å². The van der Waals surface area contributed by atoms with Crippen LogP contribution >= 0.6 is 23.4 Å². The van der Waals surface area contributed by atoms with Gasteiger partial charge in [0.1, 0.15) is 6.29 Å². The molecule has 23 heavy (non-hydrogen) atoms. The summed E-state index contributed by atoms with van der Waals surface area (Å²) in [7, 11) is 1.46. The largest absolute Gasteiger partial charge is 0.493 e. The first-order valence-electron chi connectivity index (χ1n) is 6.71. The smallest absolute Gasteiger partial charge is 0.343 e. The zero-order chi connectivity index (χ0) is 16.8. The second kappa shape index (κ2) is 8.04. The standard InChI is InChI=1S/C17H15ClO4S/c1-21-15-8-11(9-19)7-13(10-23-2)16(15)22-17(20)12-3-5-14(18)6-4-12/h3-9H,10H2,1-2H3. The van der Waals surface area contributed by atoms with Gasteiger partial charge in [0, 0.05) is 21.9 Å². The molecule has 0 aliphatic carbocycles. The molecule has 4 nitrogen and oxygen atoms in total. The molecule has 120 valence electrons. The van der Waals surface area contributed by atoms with Crippen molar-refractivity contribution in [2.24, 2.45) is 0 Å². The van der Waals surface area contributed by atoms with Crippen LogP contribution in [0.5, 0.6) is 11.5 Å². The van der Waals surface area contributed by atoms with Gasteiger partial charge in [-0.3, -0.25) is 4.79 Å². The fourth-order valence-electron chi connectivity index (χ4n) is 2.02. The van der Waals surface area contributed by atoms with Crippen molar-refractivity contribution in [2.75, 3.05) is 13.4 Å². The van der Waals surface area contributed by atoms with Gasteiger partial charge in [0.15, 0.2) is 11.5 Å². The molecule has 2 aromatic carbocycles. The lowest BCUT2D eigenvalue weighted by Crippen LogP contribution is -2.11. The Morgan fingerprint density at radius 1 is 1.26 bits per heavy atom. The van der Waals surface area contributed by atoms with Crippen LogP contribution in [-0.2, 0) is 5.75 Å². The number of methoxy groups -OCH3 is 1. The second-order valence-corrected chi connectivity index (χ2v) is 5.96. The van der Waals surface area contributed by atoms with Crippen molar-refractivity contribution < 1.29 is 19.1 Å². The maximum absolute atomic E-state index is 12.3. The molecule has 0 unspecified atom stereocenters. The molecule has 0 N–H and O–H groups in total. The van der Waals surface area contributed by atoms with Crippen molar-refractivity contribution in [3.63, 3.8) is 0 Å². The van der Waals surface area contributed by atoms with Gasteiger partial charge < -0.3 is 9.47 Å². The summed E-state index contributed by atoms with van der Waals surface area (Å²) in [6.45, 7) is 0. The van der Waals surface area contributed by atoms with Crippen LogP contribution in [0.1, 0.15) is 26.3 Å². The number of ether oxygens (including phenoxy) is 2. The van der Waals surface area contributed by atoms with Crippen LogP contribution in [0.4, 0.5) is 0 Å². The quantitative estimate of drug-likeness (QED) is 0.443. The third-order valence-electron chi connectivity index (χ3n) is 3.08. The monoisotopic (exact) mass is 350 g/mol. The molecule has 2 rings (SSSR count). The summed E-state index contributed by atoms with van der Waals surface area (Å²) in [5.41, 5.74) is 1.57. The van der Waals surface area contributed by atoms with Crippen molar-refractivity contribution >= 4 is 35.6 Å². The summed E-state index contributed by atoms with van der Waals surface area (Å²) in [4.78, 5) is 23.3. The predicted molar refractivity (Wildman–Crippen MR) is 92.0 cm³/mol. The lowest BCUT2D eigenvalue weighted by atomic mass is 10.1. The molecule has 2 aromatic rings. The third-order valence-corrected chi connectivity index (χ3v) is 3.94. The zero-order valence-corrected chi connectivity index (χ0v) is 14.2. The molecule has 0 aromatic heterocycles. The normalized spacial score (nSPS) is 10.2. The van der Waals surface area contributed by atoms with E-state index in [1.165, 1.54) is 7.11 Å². The summed E-state index contributed by atoms with van der Waals surface area (Å²) in [5.74, 6) is 0.746. The lowest BCUT2D eigenvalue weighted by molar-refractivity contribution is 0.0728. The van der Waals surface area contributed by atoms with Crippen molar-refractivity contribution in [3.8, 4) is 11.5 Å². The summed E-state index contributed by atoms with van der Waals surface area (Å²) < 4.78 is 10.8. The van der Waals surface area contributed by atoms with Gasteiger partial charge in [-0.2, -0.15) is 11.8 Å². The van der Waals surface area contributed by atoms with Crippen LogP contribution in [0.15, 0.2) is 36.4 Å². The Morgan fingerprint density at radius 3 is 2.52 bits per heavy atom. The van der Waals surface area contributed by atoms with Gasteiger partial charge in [0.2, 0.25) is 0 Å². The number of hydrogen-bond donors (Lipinski definition) is 0. The Bertz CT molecular complexity index is 713. The molecule has 6 heteroatoms. The number of esters is 1. The topological polar surface area (TPSA) is 52.6 Å². The first kappa shape index (κ1) is 17.4. The Balaban J connectivity index is 2.38. The van der Waals surface area contributed by atoms with Gasteiger partial charge in [0.25, 0.3) is 0 Å². The number of benzene rings is 2. The van der Waals surface area contributed by atoms with Crippen LogP contribution in [0, 0.1) is 0 Å². The van der Waals surface area contributed by atoms with E-state index >= 15 is 0 Å². The van der Waals surface area contributed by atoms with Crippen LogP contribution in [0.2, 0.25) is 5.02 Å². The fourth-order valence-corrected chi connectivity index (χ4v) is 2.67. The van der Waals surface area contributed by atoms with Crippen LogP contribution in [0.25, 0.3) is 0 Å². The molecule has 0 saturated heterocycles. The molecule has 0 radical (unpaired) electrons. The molecule has 0 saturated carbocycles. The van der Waals surface area contributed by atoms with Gasteiger partial charge in [-0.15, -0.1) is 0 Å². The molecule has 0 bridgehead atoms. The third kappa shape index (κ3) is 4.27. The Labute approximate surface area is 143 Å². The van der Waals surface area contributed by atoms with Gasteiger partial charge in [-0.1, -0.05) is 11.6 Å². The van der Waals surface area contributed by atoms with E-state index < -0.39 is 5.97 Å². The van der Waals surface area contributed by atoms with E-state index in [0.717, 1.165) is 11.8 Å². The SMILES string of the molecule is COc1cc(C=O)cc(CSC)c1OC(=O)c1ccc(Cl)cc1. The molecule has 0 aliphatic heterocycles. The number of carbonyl (C=O) groups excluding carboxylic acids is 2. The average molecular weight is 351 g/mol. The minimum atomic E-state index is -0.513. The molecular formula is C17H15ClO4S. The highest BCUT2D eigenvalue weighted by Crippen LogP contribution is 2.35. The van der Waals surface area contributed by atoms with Crippen LogP contribution in [-0.4, -0.2) is 25.6 Å². The van der Waals surface area contributed by atoms with Crippen molar-refractivity contribution in [1.82, 2.24) is 0 Å². The van der Waals surface area contributed by atoms with E-state index in [1.54, 1.807) is 48.2 Å². The molecule has 0 fully saturated rings. The fraction of sp³-hybridized carbons (Fsp3) is 0.176. The molecule has 0 aliphatic rings. The summed E-state index contributed by atoms with van der Waals surface area (Å²) >= 11 is 7.37. The van der Waals surface area contributed by atoms with E-state index in [-0.39, 0.29) is 0 Å². The summed E-state index contributed by atoms with van der Waals surface area (Å²) in [5, 5.41) is 0.539. The van der Waals surface area contributed by atoms with Gasteiger partial charge in [-0.05, 0) is 42.7 Å². The number of thioether (sulfide) groups is 1. The number of aldehydes is 1. The first-order valence-corrected chi connectivity index (χ1v) is 8.49. The summed E-state index contributed by atoms with van der Waals surface area (Å²) in [6, 6.07) is 9.65. The molecule has 0 spiro atoms.